The zero-order valence-corrected chi connectivity index (χ0v) is 9.79. The van der Waals surface area contributed by atoms with E-state index in [0.717, 1.165) is 31.8 Å². The molecule has 1 rings (SSSR count). The fraction of sp³-hybridized carbons (Fsp3) is 0.833. The van der Waals surface area contributed by atoms with E-state index >= 15 is 0 Å². The summed E-state index contributed by atoms with van der Waals surface area (Å²) < 4.78 is 0. The van der Waals surface area contributed by atoms with Crippen LogP contribution < -0.4 is 0 Å². The molecule has 1 amide bonds. The van der Waals surface area contributed by atoms with Crippen LogP contribution in [-0.2, 0) is 9.59 Å². The number of ketones is 1. The molecular formula is C12H21NO2. The standard InChI is InChI=1S/C12H21NO2/c1-3-4-11-5-7-13(8-6-11)12(15)9-10(2)14/h11H,3-9H2,1-2H3. The third-order valence-electron chi connectivity index (χ3n) is 3.06. The summed E-state index contributed by atoms with van der Waals surface area (Å²) in [7, 11) is 0. The number of nitrogens with zero attached hydrogens (tertiary/aromatic N) is 1. The first-order valence-corrected chi connectivity index (χ1v) is 5.90. The third kappa shape index (κ3) is 4.02. The van der Waals surface area contributed by atoms with E-state index in [-0.39, 0.29) is 18.1 Å². The molecule has 0 spiro atoms. The predicted molar refractivity (Wildman–Crippen MR) is 59.5 cm³/mol. The van der Waals surface area contributed by atoms with Gasteiger partial charge in [-0.15, -0.1) is 0 Å². The summed E-state index contributed by atoms with van der Waals surface area (Å²) in [6.07, 6.45) is 4.80. The first-order valence-electron chi connectivity index (χ1n) is 5.90. The molecule has 1 aliphatic heterocycles. The van der Waals surface area contributed by atoms with Crippen molar-refractivity contribution >= 4 is 11.7 Å². The van der Waals surface area contributed by atoms with E-state index < -0.39 is 0 Å². The molecule has 0 aromatic rings. The van der Waals surface area contributed by atoms with Crippen LogP contribution in [0.2, 0.25) is 0 Å². The molecule has 0 aromatic heterocycles. The van der Waals surface area contributed by atoms with Crippen molar-refractivity contribution in [3.8, 4) is 0 Å². The van der Waals surface area contributed by atoms with Gasteiger partial charge in [-0.25, -0.2) is 0 Å². The summed E-state index contributed by atoms with van der Waals surface area (Å²) in [6, 6.07) is 0. The van der Waals surface area contributed by atoms with Gasteiger partial charge >= 0.3 is 0 Å². The van der Waals surface area contributed by atoms with Crippen LogP contribution in [-0.4, -0.2) is 29.7 Å². The van der Waals surface area contributed by atoms with Crippen LogP contribution in [0.5, 0.6) is 0 Å². The first kappa shape index (κ1) is 12.2. The molecule has 0 aromatic carbocycles. The number of rotatable bonds is 4. The summed E-state index contributed by atoms with van der Waals surface area (Å²) in [5, 5.41) is 0. The highest BCUT2D eigenvalue weighted by molar-refractivity contribution is 5.96. The van der Waals surface area contributed by atoms with Crippen LogP contribution in [0.4, 0.5) is 0 Å². The van der Waals surface area contributed by atoms with Gasteiger partial charge in [-0.05, 0) is 25.7 Å². The van der Waals surface area contributed by atoms with Crippen molar-refractivity contribution in [1.82, 2.24) is 4.90 Å². The van der Waals surface area contributed by atoms with Gasteiger partial charge in [-0.2, -0.15) is 0 Å². The lowest BCUT2D eigenvalue weighted by Gasteiger charge is -2.31. The molecule has 15 heavy (non-hydrogen) atoms. The number of Topliss-reactive ketones (excluding diaryl/α,β-unsaturated/α-hetero) is 1. The van der Waals surface area contributed by atoms with Crippen molar-refractivity contribution in [2.45, 2.75) is 46.0 Å². The van der Waals surface area contributed by atoms with E-state index in [0.29, 0.717) is 0 Å². The molecule has 0 N–H and O–H groups in total. The van der Waals surface area contributed by atoms with Crippen molar-refractivity contribution < 1.29 is 9.59 Å². The summed E-state index contributed by atoms with van der Waals surface area (Å²) in [5.41, 5.74) is 0. The molecule has 1 heterocycles. The second-order valence-electron chi connectivity index (χ2n) is 4.49. The quantitative estimate of drug-likeness (QED) is 0.667. The Morgan fingerprint density at radius 3 is 2.33 bits per heavy atom. The lowest BCUT2D eigenvalue weighted by molar-refractivity contribution is -0.135. The van der Waals surface area contributed by atoms with Crippen LogP contribution in [0, 0.1) is 5.92 Å². The molecule has 0 atom stereocenters. The Kier molecular flexibility index (Phi) is 4.79. The smallest absolute Gasteiger partial charge is 0.230 e. The minimum atomic E-state index is -0.0318. The van der Waals surface area contributed by atoms with E-state index in [1.165, 1.54) is 19.8 Å². The fourth-order valence-electron chi connectivity index (χ4n) is 2.20. The van der Waals surface area contributed by atoms with Crippen LogP contribution >= 0.6 is 0 Å². The highest BCUT2D eigenvalue weighted by Crippen LogP contribution is 2.21. The number of amides is 1. The van der Waals surface area contributed by atoms with Crippen LogP contribution in [0.3, 0.4) is 0 Å². The van der Waals surface area contributed by atoms with Crippen molar-refractivity contribution in [2.24, 2.45) is 5.92 Å². The van der Waals surface area contributed by atoms with Crippen LogP contribution in [0.15, 0.2) is 0 Å². The van der Waals surface area contributed by atoms with Gasteiger partial charge < -0.3 is 4.90 Å². The zero-order chi connectivity index (χ0) is 11.3. The fourth-order valence-corrected chi connectivity index (χ4v) is 2.20. The summed E-state index contributed by atoms with van der Waals surface area (Å²) in [5.74, 6) is 0.768. The second-order valence-corrected chi connectivity index (χ2v) is 4.49. The van der Waals surface area contributed by atoms with Gasteiger partial charge in [-0.3, -0.25) is 9.59 Å². The maximum Gasteiger partial charge on any atom is 0.230 e. The summed E-state index contributed by atoms with van der Waals surface area (Å²) >= 11 is 0. The van der Waals surface area contributed by atoms with Gasteiger partial charge in [0.15, 0.2) is 0 Å². The van der Waals surface area contributed by atoms with E-state index in [4.69, 9.17) is 0 Å². The van der Waals surface area contributed by atoms with Crippen molar-refractivity contribution in [1.29, 1.82) is 0 Å². The van der Waals surface area contributed by atoms with Gasteiger partial charge in [0.25, 0.3) is 0 Å². The van der Waals surface area contributed by atoms with E-state index in [1.54, 1.807) is 0 Å². The Bertz CT molecular complexity index is 230. The molecular weight excluding hydrogens is 190 g/mol. The lowest BCUT2D eigenvalue weighted by atomic mass is 9.92. The largest absolute Gasteiger partial charge is 0.342 e. The molecule has 3 nitrogen and oxygen atoms in total. The van der Waals surface area contributed by atoms with Gasteiger partial charge in [0, 0.05) is 13.1 Å². The summed E-state index contributed by atoms with van der Waals surface area (Å²) in [6.45, 7) is 5.36. The molecule has 86 valence electrons. The Labute approximate surface area is 91.8 Å². The van der Waals surface area contributed by atoms with Crippen LogP contribution in [0.25, 0.3) is 0 Å². The maximum absolute atomic E-state index is 11.6. The predicted octanol–water partition coefficient (Wildman–Crippen LogP) is 2.00. The van der Waals surface area contributed by atoms with Crippen molar-refractivity contribution in [2.75, 3.05) is 13.1 Å². The SMILES string of the molecule is CCCC1CCN(C(=O)CC(C)=O)CC1. The Balaban J connectivity index is 2.30. The molecule has 1 aliphatic rings. The molecule has 3 heteroatoms. The number of likely N-dealkylation sites (tertiary alicyclic amines) is 1. The Morgan fingerprint density at radius 2 is 1.87 bits per heavy atom. The first-order chi connectivity index (χ1) is 7.13. The maximum atomic E-state index is 11.6. The minimum Gasteiger partial charge on any atom is -0.342 e. The number of hydrogen-bond donors (Lipinski definition) is 0. The highest BCUT2D eigenvalue weighted by atomic mass is 16.2. The molecule has 0 saturated carbocycles. The Hall–Kier alpha value is -0.860. The molecule has 0 bridgehead atoms. The molecule has 0 unspecified atom stereocenters. The number of carbonyl (C=O) groups excluding carboxylic acids is 2. The van der Waals surface area contributed by atoms with Crippen molar-refractivity contribution in [3.05, 3.63) is 0 Å². The summed E-state index contributed by atoms with van der Waals surface area (Å²) in [4.78, 5) is 24.2. The topological polar surface area (TPSA) is 37.4 Å². The molecule has 0 radical (unpaired) electrons. The normalized spacial score (nSPS) is 17.9. The van der Waals surface area contributed by atoms with Gasteiger partial charge in [0.1, 0.15) is 5.78 Å². The monoisotopic (exact) mass is 211 g/mol. The van der Waals surface area contributed by atoms with Gasteiger partial charge in [-0.1, -0.05) is 19.8 Å². The molecule has 1 fully saturated rings. The van der Waals surface area contributed by atoms with E-state index in [2.05, 4.69) is 6.92 Å². The van der Waals surface area contributed by atoms with E-state index in [9.17, 15) is 9.59 Å². The number of carbonyl (C=O) groups is 2. The van der Waals surface area contributed by atoms with E-state index in [1.807, 2.05) is 4.90 Å². The highest BCUT2D eigenvalue weighted by Gasteiger charge is 2.22. The average molecular weight is 211 g/mol. The molecule has 0 aliphatic carbocycles. The van der Waals surface area contributed by atoms with Crippen molar-refractivity contribution in [3.63, 3.8) is 0 Å². The zero-order valence-electron chi connectivity index (χ0n) is 9.79. The molecule has 1 saturated heterocycles. The van der Waals surface area contributed by atoms with Gasteiger partial charge in [0.05, 0.1) is 6.42 Å². The third-order valence-corrected chi connectivity index (χ3v) is 3.06. The number of piperidine rings is 1. The second kappa shape index (κ2) is 5.89. The van der Waals surface area contributed by atoms with Gasteiger partial charge in [0.2, 0.25) is 5.91 Å². The Morgan fingerprint density at radius 1 is 1.27 bits per heavy atom. The average Bonchev–Trinajstić information content (AvgIpc) is 2.18. The van der Waals surface area contributed by atoms with Crippen LogP contribution in [0.1, 0.15) is 46.0 Å². The minimum absolute atomic E-state index is 0.0115. The lowest BCUT2D eigenvalue weighted by Crippen LogP contribution is -2.39. The number of hydrogen-bond acceptors (Lipinski definition) is 2.